The quantitative estimate of drug-likeness (QED) is 0.623. The Hall–Kier alpha value is -1.81. The van der Waals surface area contributed by atoms with Crippen LogP contribution in [0.15, 0.2) is 18.2 Å². The van der Waals surface area contributed by atoms with Gasteiger partial charge in [-0.25, -0.2) is 0 Å². The zero-order chi connectivity index (χ0) is 13.8. The van der Waals surface area contributed by atoms with Crippen LogP contribution in [0.3, 0.4) is 0 Å². The first kappa shape index (κ1) is 13.6. The van der Waals surface area contributed by atoms with Crippen LogP contribution in [-0.4, -0.2) is 36.6 Å². The van der Waals surface area contributed by atoms with E-state index in [2.05, 4.69) is 5.43 Å². The fourth-order valence-corrected chi connectivity index (χ4v) is 2.07. The van der Waals surface area contributed by atoms with Gasteiger partial charge in [-0.2, -0.15) is 5.26 Å². The number of halogens is 1. The molecule has 0 bridgehead atoms. The molecule has 0 aliphatic carbocycles. The molecule has 1 saturated heterocycles. The van der Waals surface area contributed by atoms with Crippen molar-refractivity contribution < 1.29 is 9.53 Å². The van der Waals surface area contributed by atoms with Crippen molar-refractivity contribution in [3.8, 4) is 6.07 Å². The Bertz CT molecular complexity index is 529. The summed E-state index contributed by atoms with van der Waals surface area (Å²) >= 11 is 5.90. The number of benzene rings is 1. The normalized spacial score (nSPS) is 18.8. The third-order valence-electron chi connectivity index (χ3n) is 2.87. The van der Waals surface area contributed by atoms with E-state index in [0.717, 1.165) is 0 Å². The first-order valence-corrected chi connectivity index (χ1v) is 6.10. The van der Waals surface area contributed by atoms with Crippen molar-refractivity contribution in [2.75, 3.05) is 25.1 Å². The van der Waals surface area contributed by atoms with Gasteiger partial charge < -0.3 is 15.1 Å². The van der Waals surface area contributed by atoms with Gasteiger partial charge in [-0.1, -0.05) is 11.6 Å². The molecule has 1 heterocycles. The minimum atomic E-state index is -0.592. The molecule has 0 saturated carbocycles. The van der Waals surface area contributed by atoms with Crippen molar-refractivity contribution in [1.29, 1.82) is 5.26 Å². The largest absolute Gasteiger partial charge is 0.360 e. The number of hydrogen-bond donors (Lipinski definition) is 2. The molecule has 1 aliphatic heterocycles. The maximum Gasteiger partial charge on any atom is 0.256 e. The monoisotopic (exact) mass is 280 g/mol. The van der Waals surface area contributed by atoms with E-state index in [1.807, 2.05) is 6.07 Å². The van der Waals surface area contributed by atoms with Crippen molar-refractivity contribution in [2.24, 2.45) is 5.84 Å². The molecule has 0 spiro atoms. The Labute approximate surface area is 115 Å². The highest BCUT2D eigenvalue weighted by Gasteiger charge is 2.26. The molecule has 1 aromatic rings. The molecule has 7 heteroatoms. The molecule has 3 N–H and O–H groups in total. The van der Waals surface area contributed by atoms with Crippen molar-refractivity contribution in [3.05, 3.63) is 28.8 Å². The van der Waals surface area contributed by atoms with Gasteiger partial charge in [-0.15, -0.1) is 0 Å². The van der Waals surface area contributed by atoms with E-state index >= 15 is 0 Å². The fraction of sp³-hybridized carbons (Fsp3) is 0.333. The highest BCUT2D eigenvalue weighted by Crippen LogP contribution is 2.22. The number of carbonyl (C=O) groups is 1. The molecular formula is C12H13ClN4O2. The number of nitrogens with two attached hydrogens (primary N) is 1. The van der Waals surface area contributed by atoms with Gasteiger partial charge in [0.1, 0.15) is 0 Å². The van der Waals surface area contributed by atoms with Crippen LogP contribution in [0, 0.1) is 11.3 Å². The summed E-state index contributed by atoms with van der Waals surface area (Å²) in [5, 5.41) is 9.29. The lowest BCUT2D eigenvalue weighted by Crippen LogP contribution is -2.45. The second kappa shape index (κ2) is 5.89. The average Bonchev–Trinajstić information content (AvgIpc) is 2.46. The molecule has 100 valence electrons. The minimum absolute atomic E-state index is 0.223. The van der Waals surface area contributed by atoms with E-state index in [4.69, 9.17) is 27.4 Å². The zero-order valence-corrected chi connectivity index (χ0v) is 10.9. The second-order valence-electron chi connectivity index (χ2n) is 4.07. The van der Waals surface area contributed by atoms with Crippen molar-refractivity contribution in [1.82, 2.24) is 4.90 Å². The number of nitrogens with zero attached hydrogens (tertiary/aromatic N) is 2. The summed E-state index contributed by atoms with van der Waals surface area (Å²) in [6, 6.07) is 6.83. The lowest BCUT2D eigenvalue weighted by atomic mass is 10.1. The number of ether oxygens (including phenoxy) is 1. The fourth-order valence-electron chi connectivity index (χ4n) is 1.90. The van der Waals surface area contributed by atoms with E-state index < -0.39 is 6.10 Å². The van der Waals surface area contributed by atoms with Crippen molar-refractivity contribution >= 4 is 23.2 Å². The van der Waals surface area contributed by atoms with Gasteiger partial charge in [0, 0.05) is 11.6 Å². The first-order valence-electron chi connectivity index (χ1n) is 5.72. The van der Waals surface area contributed by atoms with Crippen LogP contribution in [-0.2, 0) is 4.74 Å². The van der Waals surface area contributed by atoms with Crippen LogP contribution < -0.4 is 11.3 Å². The third kappa shape index (κ3) is 2.96. The maximum atomic E-state index is 12.4. The Morgan fingerprint density at radius 1 is 1.63 bits per heavy atom. The van der Waals surface area contributed by atoms with Gasteiger partial charge in [0.25, 0.3) is 5.91 Å². The summed E-state index contributed by atoms with van der Waals surface area (Å²) in [5.41, 5.74) is 3.34. The van der Waals surface area contributed by atoms with Gasteiger partial charge in [0.2, 0.25) is 0 Å². The summed E-state index contributed by atoms with van der Waals surface area (Å²) in [7, 11) is 0. The van der Waals surface area contributed by atoms with Gasteiger partial charge in [-0.3, -0.25) is 10.6 Å². The number of nitrogens with one attached hydrogen (secondary N) is 1. The molecular weight excluding hydrogens is 268 g/mol. The number of nitriles is 1. The van der Waals surface area contributed by atoms with Gasteiger partial charge in [0.15, 0.2) is 6.10 Å². The number of hydrogen-bond acceptors (Lipinski definition) is 5. The lowest BCUT2D eigenvalue weighted by Gasteiger charge is -2.30. The van der Waals surface area contributed by atoms with Gasteiger partial charge in [0.05, 0.1) is 30.5 Å². The predicted molar refractivity (Wildman–Crippen MR) is 70.5 cm³/mol. The van der Waals surface area contributed by atoms with E-state index in [1.54, 1.807) is 23.1 Å². The third-order valence-corrected chi connectivity index (χ3v) is 3.10. The molecule has 0 aromatic heterocycles. The topological polar surface area (TPSA) is 91.4 Å². The van der Waals surface area contributed by atoms with Crippen molar-refractivity contribution in [2.45, 2.75) is 6.10 Å². The van der Waals surface area contributed by atoms with E-state index in [0.29, 0.717) is 29.4 Å². The number of morpholine rings is 1. The predicted octanol–water partition coefficient (Wildman–Crippen LogP) is 0.990. The molecule has 1 aliphatic rings. The average molecular weight is 281 g/mol. The highest BCUT2D eigenvalue weighted by atomic mass is 35.5. The molecule has 1 fully saturated rings. The number of hydrazine groups is 1. The maximum absolute atomic E-state index is 12.4. The first-order chi connectivity index (χ1) is 9.15. The summed E-state index contributed by atoms with van der Waals surface area (Å²) in [5.74, 6) is 5.16. The molecule has 2 rings (SSSR count). The van der Waals surface area contributed by atoms with Crippen LogP contribution in [0.25, 0.3) is 0 Å². The Morgan fingerprint density at radius 3 is 3.11 bits per heavy atom. The van der Waals surface area contributed by atoms with Crippen LogP contribution >= 0.6 is 11.6 Å². The molecule has 1 aromatic carbocycles. The molecule has 1 atom stereocenters. The summed E-state index contributed by atoms with van der Waals surface area (Å²) in [6.07, 6.45) is -0.592. The molecule has 6 nitrogen and oxygen atoms in total. The summed E-state index contributed by atoms with van der Waals surface area (Å²) in [4.78, 5) is 14.0. The number of amides is 1. The Balaban J connectivity index is 2.24. The minimum Gasteiger partial charge on any atom is -0.360 e. The number of rotatable bonds is 2. The van der Waals surface area contributed by atoms with E-state index in [1.165, 1.54) is 0 Å². The lowest BCUT2D eigenvalue weighted by molar-refractivity contribution is 0.00351. The smallest absolute Gasteiger partial charge is 0.256 e. The van der Waals surface area contributed by atoms with Crippen molar-refractivity contribution in [3.63, 3.8) is 0 Å². The molecule has 1 unspecified atom stereocenters. The Kier molecular flexibility index (Phi) is 4.22. The zero-order valence-electron chi connectivity index (χ0n) is 10.1. The van der Waals surface area contributed by atoms with E-state index in [9.17, 15) is 4.79 Å². The van der Waals surface area contributed by atoms with E-state index in [-0.39, 0.29) is 12.5 Å². The van der Waals surface area contributed by atoms with Gasteiger partial charge >= 0.3 is 0 Å². The molecule has 1 amide bonds. The van der Waals surface area contributed by atoms with Crippen LogP contribution in [0.2, 0.25) is 5.02 Å². The number of carbonyl (C=O) groups excluding carboxylic acids is 1. The SMILES string of the molecule is N#CC1CN(C(=O)c2cc(Cl)ccc2NN)CCO1. The highest BCUT2D eigenvalue weighted by molar-refractivity contribution is 6.31. The van der Waals surface area contributed by atoms with Gasteiger partial charge in [-0.05, 0) is 18.2 Å². The van der Waals surface area contributed by atoms with Crippen LogP contribution in [0.4, 0.5) is 5.69 Å². The summed E-state index contributed by atoms with van der Waals surface area (Å²) < 4.78 is 5.20. The number of nitrogen functional groups attached to an aromatic ring is 1. The number of anilines is 1. The second-order valence-corrected chi connectivity index (χ2v) is 4.51. The van der Waals surface area contributed by atoms with Crippen LogP contribution in [0.1, 0.15) is 10.4 Å². The molecule has 19 heavy (non-hydrogen) atoms. The van der Waals surface area contributed by atoms with Crippen LogP contribution in [0.5, 0.6) is 0 Å². The molecule has 0 radical (unpaired) electrons. The summed E-state index contributed by atoms with van der Waals surface area (Å²) in [6.45, 7) is 1.02. The standard InChI is InChI=1S/C12H13ClN4O2/c13-8-1-2-11(16-15)10(5-8)12(18)17-3-4-19-9(6-14)7-17/h1-2,5,9,16H,3-4,7,15H2. The Morgan fingerprint density at radius 2 is 2.42 bits per heavy atom.